The molecule has 6 nitrogen and oxygen atoms in total. The Bertz CT molecular complexity index is 421. The van der Waals surface area contributed by atoms with Crippen LogP contribution >= 0.6 is 0 Å². The van der Waals surface area contributed by atoms with Gasteiger partial charge in [0, 0.05) is 12.6 Å². The number of amides is 1. The molecule has 108 valence electrons. The van der Waals surface area contributed by atoms with Gasteiger partial charge in [-0.3, -0.25) is 15.0 Å². The third-order valence-corrected chi connectivity index (χ3v) is 2.45. The minimum absolute atomic E-state index is 0.182. The molecule has 0 spiro atoms. The van der Waals surface area contributed by atoms with Gasteiger partial charge in [-0.1, -0.05) is 19.0 Å². The third-order valence-electron chi connectivity index (χ3n) is 2.45. The van der Waals surface area contributed by atoms with Gasteiger partial charge in [-0.25, -0.2) is 0 Å². The van der Waals surface area contributed by atoms with Crippen LogP contribution in [0.4, 0.5) is 5.88 Å². The average Bonchev–Trinajstić information content (AvgIpc) is 2.62. The highest BCUT2D eigenvalue weighted by molar-refractivity contribution is 5.90. The Hall–Kier alpha value is -1.40. The zero-order valence-electron chi connectivity index (χ0n) is 12.2. The lowest BCUT2D eigenvalue weighted by Gasteiger charge is -2.24. The summed E-state index contributed by atoms with van der Waals surface area (Å²) in [5, 5.41) is 16.2. The number of likely N-dealkylation sites (N-methyl/N-ethyl adjacent to an activating group) is 1. The maximum absolute atomic E-state index is 11.8. The normalized spacial score (nSPS) is 12.2. The van der Waals surface area contributed by atoms with Crippen LogP contribution in [0.2, 0.25) is 0 Å². The van der Waals surface area contributed by atoms with E-state index in [2.05, 4.69) is 10.5 Å². The number of aromatic nitrogens is 1. The van der Waals surface area contributed by atoms with Crippen molar-refractivity contribution in [3.05, 3.63) is 11.8 Å². The number of aliphatic hydroxyl groups is 1. The molecule has 6 heteroatoms. The fourth-order valence-electron chi connectivity index (χ4n) is 1.76. The second kappa shape index (κ2) is 6.16. The summed E-state index contributed by atoms with van der Waals surface area (Å²) in [7, 11) is 1.78. The van der Waals surface area contributed by atoms with E-state index in [1.807, 2.05) is 13.8 Å². The molecule has 0 atom stereocenters. The molecule has 0 saturated carbocycles. The van der Waals surface area contributed by atoms with E-state index < -0.39 is 5.60 Å². The molecular weight excluding hydrogens is 246 g/mol. The van der Waals surface area contributed by atoms with E-state index in [4.69, 9.17) is 4.52 Å². The third kappa shape index (κ3) is 5.85. The van der Waals surface area contributed by atoms with Crippen LogP contribution in [0.5, 0.6) is 0 Å². The van der Waals surface area contributed by atoms with E-state index >= 15 is 0 Å². The zero-order chi connectivity index (χ0) is 14.6. The van der Waals surface area contributed by atoms with Crippen molar-refractivity contribution >= 4 is 11.8 Å². The second-order valence-corrected chi connectivity index (χ2v) is 5.80. The number of hydrogen-bond acceptors (Lipinski definition) is 5. The maximum Gasteiger partial charge on any atom is 0.240 e. The van der Waals surface area contributed by atoms with E-state index in [1.165, 1.54) is 0 Å². The van der Waals surface area contributed by atoms with E-state index in [0.717, 1.165) is 5.69 Å². The maximum atomic E-state index is 11.8. The fraction of sp³-hybridized carbons (Fsp3) is 0.692. The Kier molecular flexibility index (Phi) is 5.08. The summed E-state index contributed by atoms with van der Waals surface area (Å²) >= 11 is 0. The van der Waals surface area contributed by atoms with Gasteiger partial charge >= 0.3 is 0 Å². The molecule has 0 saturated heterocycles. The van der Waals surface area contributed by atoms with Crippen LogP contribution in [-0.2, 0) is 4.79 Å². The van der Waals surface area contributed by atoms with E-state index in [0.29, 0.717) is 12.4 Å². The van der Waals surface area contributed by atoms with Crippen molar-refractivity contribution in [2.45, 2.75) is 39.2 Å². The predicted octanol–water partition coefficient (Wildman–Crippen LogP) is 1.44. The minimum atomic E-state index is -0.827. The van der Waals surface area contributed by atoms with Gasteiger partial charge in [-0.15, -0.1) is 0 Å². The van der Waals surface area contributed by atoms with Crippen LogP contribution < -0.4 is 5.32 Å². The molecule has 0 unspecified atom stereocenters. The van der Waals surface area contributed by atoms with Gasteiger partial charge in [-0.2, -0.15) is 0 Å². The number of anilines is 1. The minimum Gasteiger partial charge on any atom is -0.389 e. The Morgan fingerprint density at radius 2 is 2.21 bits per heavy atom. The first-order valence-electron chi connectivity index (χ1n) is 6.35. The van der Waals surface area contributed by atoms with Gasteiger partial charge in [0.2, 0.25) is 11.8 Å². The monoisotopic (exact) mass is 269 g/mol. The molecule has 2 N–H and O–H groups in total. The molecule has 0 fully saturated rings. The van der Waals surface area contributed by atoms with Gasteiger partial charge in [0.15, 0.2) is 0 Å². The van der Waals surface area contributed by atoms with Crippen molar-refractivity contribution < 1.29 is 14.4 Å². The summed E-state index contributed by atoms with van der Waals surface area (Å²) in [6.07, 6.45) is 0. The predicted molar refractivity (Wildman–Crippen MR) is 73.0 cm³/mol. The van der Waals surface area contributed by atoms with E-state index in [-0.39, 0.29) is 18.4 Å². The van der Waals surface area contributed by atoms with E-state index in [9.17, 15) is 9.90 Å². The summed E-state index contributed by atoms with van der Waals surface area (Å²) in [4.78, 5) is 13.5. The quantitative estimate of drug-likeness (QED) is 0.817. The first-order chi connectivity index (χ1) is 8.67. The van der Waals surface area contributed by atoms with Crippen LogP contribution in [0.25, 0.3) is 0 Å². The standard InChI is InChI=1S/C13H23N3O3/c1-9(2)10-6-12(19-15-10)14-11(17)7-16(5)8-13(3,4)18/h6,9,18H,7-8H2,1-5H3,(H,14,17). The summed E-state index contributed by atoms with van der Waals surface area (Å²) in [5.74, 6) is 0.413. The number of hydrogen-bond donors (Lipinski definition) is 2. The lowest BCUT2D eigenvalue weighted by molar-refractivity contribution is -0.117. The average molecular weight is 269 g/mol. The lowest BCUT2D eigenvalue weighted by Crippen LogP contribution is -2.40. The molecule has 0 aliphatic rings. The molecule has 19 heavy (non-hydrogen) atoms. The van der Waals surface area contributed by atoms with Crippen molar-refractivity contribution in [3.63, 3.8) is 0 Å². The zero-order valence-corrected chi connectivity index (χ0v) is 12.2. The molecule has 1 rings (SSSR count). The van der Waals surface area contributed by atoms with Crippen molar-refractivity contribution in [2.75, 3.05) is 25.5 Å². The smallest absolute Gasteiger partial charge is 0.240 e. The SMILES string of the molecule is CC(C)c1cc(NC(=O)CN(C)CC(C)(C)O)on1. The molecule has 1 aromatic rings. The Morgan fingerprint density at radius 3 is 2.68 bits per heavy atom. The van der Waals surface area contributed by atoms with Crippen LogP contribution in [-0.4, -0.2) is 46.8 Å². The van der Waals surface area contributed by atoms with Gasteiger partial charge in [0.25, 0.3) is 0 Å². The molecule has 1 heterocycles. The van der Waals surface area contributed by atoms with E-state index in [1.54, 1.807) is 31.9 Å². The Balaban J connectivity index is 2.46. The Labute approximate surface area is 113 Å². The highest BCUT2D eigenvalue weighted by Gasteiger charge is 2.18. The van der Waals surface area contributed by atoms with Crippen LogP contribution in [0.1, 0.15) is 39.3 Å². The van der Waals surface area contributed by atoms with Gasteiger partial charge in [-0.05, 0) is 26.8 Å². The molecule has 1 aromatic heterocycles. The van der Waals surface area contributed by atoms with Crippen molar-refractivity contribution in [3.8, 4) is 0 Å². The highest BCUT2D eigenvalue weighted by Crippen LogP contribution is 2.17. The van der Waals surface area contributed by atoms with Crippen LogP contribution in [0.3, 0.4) is 0 Å². The van der Waals surface area contributed by atoms with Crippen LogP contribution in [0.15, 0.2) is 10.6 Å². The summed E-state index contributed by atoms with van der Waals surface area (Å²) in [6, 6.07) is 1.72. The van der Waals surface area contributed by atoms with Gasteiger partial charge < -0.3 is 9.63 Å². The summed E-state index contributed by atoms with van der Waals surface area (Å²) < 4.78 is 5.03. The highest BCUT2D eigenvalue weighted by atomic mass is 16.5. The molecule has 0 bridgehead atoms. The van der Waals surface area contributed by atoms with Crippen LogP contribution in [0, 0.1) is 0 Å². The number of rotatable bonds is 6. The molecular formula is C13H23N3O3. The number of nitrogens with one attached hydrogen (secondary N) is 1. The van der Waals surface area contributed by atoms with Crippen molar-refractivity contribution in [1.29, 1.82) is 0 Å². The van der Waals surface area contributed by atoms with Crippen molar-refractivity contribution in [2.24, 2.45) is 0 Å². The number of carbonyl (C=O) groups excluding carboxylic acids is 1. The number of nitrogens with zero attached hydrogens (tertiary/aromatic N) is 2. The first kappa shape index (κ1) is 15.7. The molecule has 0 aliphatic carbocycles. The molecule has 0 radical (unpaired) electrons. The summed E-state index contributed by atoms with van der Waals surface area (Å²) in [5.41, 5.74) is -0.0216. The summed E-state index contributed by atoms with van der Waals surface area (Å²) in [6.45, 7) is 8.00. The Morgan fingerprint density at radius 1 is 1.58 bits per heavy atom. The number of carbonyl (C=O) groups is 1. The largest absolute Gasteiger partial charge is 0.389 e. The second-order valence-electron chi connectivity index (χ2n) is 5.80. The van der Waals surface area contributed by atoms with Crippen molar-refractivity contribution in [1.82, 2.24) is 10.1 Å². The van der Waals surface area contributed by atoms with Gasteiger partial charge in [0.05, 0.1) is 17.8 Å². The molecule has 0 aromatic carbocycles. The molecule has 0 aliphatic heterocycles. The fourth-order valence-corrected chi connectivity index (χ4v) is 1.76. The topological polar surface area (TPSA) is 78.6 Å². The first-order valence-corrected chi connectivity index (χ1v) is 6.35. The molecule has 1 amide bonds. The lowest BCUT2D eigenvalue weighted by atomic mass is 10.1. The van der Waals surface area contributed by atoms with Gasteiger partial charge in [0.1, 0.15) is 0 Å².